The van der Waals surface area contributed by atoms with Crippen molar-refractivity contribution in [3.8, 4) is 5.82 Å². The predicted molar refractivity (Wildman–Crippen MR) is 93.1 cm³/mol. The molecule has 1 saturated heterocycles. The molecule has 27 heavy (non-hydrogen) atoms. The summed E-state index contributed by atoms with van der Waals surface area (Å²) in [7, 11) is 0. The largest absolute Gasteiger partial charge is 0.452 e. The van der Waals surface area contributed by atoms with Gasteiger partial charge < -0.3 is 14.0 Å². The van der Waals surface area contributed by atoms with Gasteiger partial charge in [-0.25, -0.2) is 14.5 Å². The van der Waals surface area contributed by atoms with E-state index in [4.69, 9.17) is 9.26 Å². The predicted octanol–water partition coefficient (Wildman–Crippen LogP) is 1.93. The molecule has 0 unspecified atom stereocenters. The molecular formula is C18H19N3O6. The van der Waals surface area contributed by atoms with Crippen LogP contribution in [-0.2, 0) is 19.1 Å². The van der Waals surface area contributed by atoms with Gasteiger partial charge in [0.05, 0.1) is 6.54 Å². The van der Waals surface area contributed by atoms with E-state index in [-0.39, 0.29) is 13.2 Å². The Morgan fingerprint density at radius 3 is 2.70 bits per heavy atom. The smallest absolute Gasteiger partial charge is 0.416 e. The molecule has 9 heteroatoms. The Bertz CT molecular complexity index is 924. The van der Waals surface area contributed by atoms with Gasteiger partial charge in [-0.3, -0.25) is 9.36 Å². The number of hydrogen-bond donors (Lipinski definition) is 0. The molecule has 0 radical (unpaired) electrons. The van der Waals surface area contributed by atoms with Crippen LogP contribution in [0.2, 0.25) is 0 Å². The number of hydrogen-bond acceptors (Lipinski definition) is 7. The third-order valence-electron chi connectivity index (χ3n) is 4.11. The van der Waals surface area contributed by atoms with Crippen LogP contribution >= 0.6 is 0 Å². The summed E-state index contributed by atoms with van der Waals surface area (Å²) in [5, 5.41) is 4.00. The van der Waals surface area contributed by atoms with E-state index in [0.717, 1.165) is 21.9 Å². The summed E-state index contributed by atoms with van der Waals surface area (Å²) in [5.74, 6) is 0.0642. The average Bonchev–Trinajstić information content (AvgIpc) is 3.31. The van der Waals surface area contributed by atoms with Gasteiger partial charge in [-0.05, 0) is 38.5 Å². The second kappa shape index (κ2) is 7.48. The van der Waals surface area contributed by atoms with Crippen molar-refractivity contribution in [2.45, 2.75) is 20.8 Å². The molecule has 0 aromatic carbocycles. The lowest BCUT2D eigenvalue weighted by atomic mass is 10.2. The number of amides is 2. The standard InChI is InChI=1S/C18H19N3O6/c1-11-8-14(13(3)21(11)15-9-12(2)27-19-15)4-5-17(23)26-10-16(22)20-6-7-25-18(20)24/h4-5,8-9H,6-7,10H2,1-3H3/b5-4+. The minimum atomic E-state index is -0.720. The summed E-state index contributed by atoms with van der Waals surface area (Å²) < 4.78 is 16.6. The van der Waals surface area contributed by atoms with E-state index >= 15 is 0 Å². The maximum absolute atomic E-state index is 11.9. The molecule has 2 amide bonds. The van der Waals surface area contributed by atoms with Crippen LogP contribution in [0.4, 0.5) is 4.79 Å². The minimum Gasteiger partial charge on any atom is -0.452 e. The molecule has 1 fully saturated rings. The number of carbonyl (C=O) groups excluding carboxylic acids is 3. The summed E-state index contributed by atoms with van der Waals surface area (Å²) in [6.07, 6.45) is 2.11. The summed E-state index contributed by atoms with van der Waals surface area (Å²) >= 11 is 0. The molecule has 2 aromatic rings. The number of aromatic nitrogens is 2. The molecule has 0 aliphatic carbocycles. The first-order valence-electron chi connectivity index (χ1n) is 8.31. The zero-order chi connectivity index (χ0) is 19.6. The summed E-state index contributed by atoms with van der Waals surface area (Å²) in [4.78, 5) is 35.8. The molecule has 0 atom stereocenters. The lowest BCUT2D eigenvalue weighted by molar-refractivity contribution is -0.146. The van der Waals surface area contributed by atoms with Crippen LogP contribution in [0.5, 0.6) is 0 Å². The van der Waals surface area contributed by atoms with E-state index in [1.165, 1.54) is 6.08 Å². The van der Waals surface area contributed by atoms with E-state index in [2.05, 4.69) is 9.89 Å². The fourth-order valence-corrected chi connectivity index (χ4v) is 2.80. The Kier molecular flexibility index (Phi) is 5.11. The molecule has 9 nitrogen and oxygen atoms in total. The monoisotopic (exact) mass is 373 g/mol. The molecule has 2 aromatic heterocycles. The van der Waals surface area contributed by atoms with E-state index in [1.807, 2.05) is 37.5 Å². The fourth-order valence-electron chi connectivity index (χ4n) is 2.80. The number of aryl methyl sites for hydroxylation is 2. The molecule has 0 saturated carbocycles. The highest BCUT2D eigenvalue weighted by Crippen LogP contribution is 2.21. The van der Waals surface area contributed by atoms with Crippen LogP contribution in [0.3, 0.4) is 0 Å². The van der Waals surface area contributed by atoms with Crippen LogP contribution in [-0.4, -0.2) is 52.4 Å². The van der Waals surface area contributed by atoms with Crippen molar-refractivity contribution >= 4 is 24.0 Å². The number of carbonyl (C=O) groups is 3. The lowest BCUT2D eigenvalue weighted by Crippen LogP contribution is -2.35. The Morgan fingerprint density at radius 2 is 2.07 bits per heavy atom. The van der Waals surface area contributed by atoms with E-state index in [1.54, 1.807) is 6.08 Å². The van der Waals surface area contributed by atoms with Gasteiger partial charge in [0.15, 0.2) is 12.4 Å². The van der Waals surface area contributed by atoms with Crippen molar-refractivity contribution in [1.29, 1.82) is 0 Å². The van der Waals surface area contributed by atoms with Crippen LogP contribution in [0.25, 0.3) is 11.9 Å². The maximum atomic E-state index is 11.9. The van der Waals surface area contributed by atoms with E-state index in [0.29, 0.717) is 11.6 Å². The Morgan fingerprint density at radius 1 is 1.30 bits per heavy atom. The highest BCUT2D eigenvalue weighted by Gasteiger charge is 2.28. The van der Waals surface area contributed by atoms with Gasteiger partial charge in [-0.15, -0.1) is 0 Å². The van der Waals surface area contributed by atoms with Crippen molar-refractivity contribution in [2.24, 2.45) is 0 Å². The molecule has 3 rings (SSSR count). The minimum absolute atomic E-state index is 0.152. The molecule has 0 N–H and O–H groups in total. The quantitative estimate of drug-likeness (QED) is 0.582. The molecule has 1 aliphatic heterocycles. The van der Waals surface area contributed by atoms with Crippen molar-refractivity contribution < 1.29 is 28.4 Å². The van der Waals surface area contributed by atoms with Gasteiger partial charge in [0.1, 0.15) is 12.4 Å². The van der Waals surface area contributed by atoms with Crippen LogP contribution in [0.15, 0.2) is 22.7 Å². The highest BCUT2D eigenvalue weighted by atomic mass is 16.6. The molecule has 3 heterocycles. The third kappa shape index (κ3) is 3.91. The van der Waals surface area contributed by atoms with Gasteiger partial charge in [0.25, 0.3) is 5.91 Å². The van der Waals surface area contributed by atoms with E-state index < -0.39 is 24.6 Å². The number of rotatable bonds is 5. The first kappa shape index (κ1) is 18.4. The zero-order valence-corrected chi connectivity index (χ0v) is 15.2. The zero-order valence-electron chi connectivity index (χ0n) is 15.2. The van der Waals surface area contributed by atoms with Crippen molar-refractivity contribution in [2.75, 3.05) is 19.8 Å². The van der Waals surface area contributed by atoms with Gasteiger partial charge in [0.2, 0.25) is 0 Å². The number of imide groups is 1. The molecule has 0 spiro atoms. The fraction of sp³-hybridized carbons (Fsp3) is 0.333. The second-order valence-corrected chi connectivity index (χ2v) is 6.06. The van der Waals surface area contributed by atoms with Crippen molar-refractivity contribution in [1.82, 2.24) is 14.6 Å². The van der Waals surface area contributed by atoms with Crippen molar-refractivity contribution in [3.05, 3.63) is 40.9 Å². The van der Waals surface area contributed by atoms with Gasteiger partial charge in [-0.2, -0.15) is 0 Å². The maximum Gasteiger partial charge on any atom is 0.416 e. The van der Waals surface area contributed by atoms with Crippen LogP contribution < -0.4 is 0 Å². The summed E-state index contributed by atoms with van der Waals surface area (Å²) in [5.41, 5.74) is 2.61. The summed E-state index contributed by atoms with van der Waals surface area (Å²) in [6.45, 7) is 5.42. The first-order valence-corrected chi connectivity index (χ1v) is 8.31. The SMILES string of the molecule is Cc1cc(-n2c(C)cc(/C=C/C(=O)OCC(=O)N3CCOC3=O)c2C)no1. The Balaban J connectivity index is 1.63. The van der Waals surface area contributed by atoms with Gasteiger partial charge in [0, 0.05) is 23.5 Å². The topological polar surface area (TPSA) is 104 Å². The van der Waals surface area contributed by atoms with Crippen LogP contribution in [0, 0.1) is 20.8 Å². The number of esters is 1. The van der Waals surface area contributed by atoms with Gasteiger partial charge in [-0.1, -0.05) is 5.16 Å². The van der Waals surface area contributed by atoms with E-state index in [9.17, 15) is 14.4 Å². The lowest BCUT2D eigenvalue weighted by Gasteiger charge is -2.09. The first-order chi connectivity index (χ1) is 12.9. The van der Waals surface area contributed by atoms with Crippen LogP contribution in [0.1, 0.15) is 22.7 Å². The normalized spacial score (nSPS) is 14.0. The number of nitrogens with zero attached hydrogens (tertiary/aromatic N) is 3. The average molecular weight is 373 g/mol. The third-order valence-corrected chi connectivity index (χ3v) is 4.11. The van der Waals surface area contributed by atoms with Crippen molar-refractivity contribution in [3.63, 3.8) is 0 Å². The highest BCUT2D eigenvalue weighted by molar-refractivity contribution is 5.95. The molecule has 1 aliphatic rings. The Labute approximate surface area is 155 Å². The number of cyclic esters (lactones) is 1. The molecule has 0 bridgehead atoms. The Hall–Kier alpha value is -3.36. The molecular weight excluding hydrogens is 354 g/mol. The molecule has 142 valence electrons. The number of ether oxygens (including phenoxy) is 2. The second-order valence-electron chi connectivity index (χ2n) is 6.06. The van der Waals surface area contributed by atoms with Gasteiger partial charge >= 0.3 is 12.1 Å². The summed E-state index contributed by atoms with van der Waals surface area (Å²) in [6, 6.07) is 3.71.